The molecule has 0 amide bonds. The summed E-state index contributed by atoms with van der Waals surface area (Å²) in [6.07, 6.45) is 0.489. The summed E-state index contributed by atoms with van der Waals surface area (Å²) in [6.45, 7) is 0. The predicted molar refractivity (Wildman–Crippen MR) is 56.3 cm³/mol. The number of sulfone groups is 1. The van der Waals surface area contributed by atoms with Crippen LogP contribution in [-0.4, -0.2) is 26.0 Å². The van der Waals surface area contributed by atoms with Crippen molar-refractivity contribution in [2.24, 2.45) is 0 Å². The Morgan fingerprint density at radius 3 is 2.67 bits per heavy atom. The maximum atomic E-state index is 11.4. The van der Waals surface area contributed by atoms with Gasteiger partial charge in [0, 0.05) is 0 Å². The number of ether oxygens (including phenoxy) is 1. The van der Waals surface area contributed by atoms with Crippen molar-refractivity contribution >= 4 is 9.84 Å². The van der Waals surface area contributed by atoms with Crippen molar-refractivity contribution < 1.29 is 13.2 Å². The summed E-state index contributed by atoms with van der Waals surface area (Å²) in [4.78, 5) is 0. The fraction of sp³-hybridized carbons (Fsp3) is 0.455. The standard InChI is InChI=1S/C11H12O3S/c12-15(13)7-6-11(10(8-15)14-11)9-4-2-1-3-5-9/h1-5,10H,6-8H2. The SMILES string of the molecule is O=S1(=O)CCC2(c3ccccc3)OC2C1. The van der Waals surface area contributed by atoms with E-state index in [1.54, 1.807) is 0 Å². The lowest BCUT2D eigenvalue weighted by Gasteiger charge is -2.17. The molecule has 1 aromatic carbocycles. The molecule has 2 unspecified atom stereocenters. The van der Waals surface area contributed by atoms with Crippen LogP contribution in [0.2, 0.25) is 0 Å². The Balaban J connectivity index is 1.93. The first kappa shape index (κ1) is 9.36. The van der Waals surface area contributed by atoms with Crippen LogP contribution in [0.4, 0.5) is 0 Å². The summed E-state index contributed by atoms with van der Waals surface area (Å²) in [5.41, 5.74) is 0.831. The van der Waals surface area contributed by atoms with Crippen LogP contribution in [0, 0.1) is 0 Å². The predicted octanol–water partition coefficient (Wildman–Crippen LogP) is 1.10. The first-order valence-corrected chi connectivity index (χ1v) is 6.88. The van der Waals surface area contributed by atoms with E-state index < -0.39 is 9.84 Å². The number of hydrogen-bond donors (Lipinski definition) is 0. The van der Waals surface area contributed by atoms with Crippen LogP contribution in [0.5, 0.6) is 0 Å². The first-order chi connectivity index (χ1) is 7.12. The molecule has 0 aromatic heterocycles. The van der Waals surface area contributed by atoms with Gasteiger partial charge in [-0.05, 0) is 12.0 Å². The second kappa shape index (κ2) is 2.83. The van der Waals surface area contributed by atoms with Crippen LogP contribution >= 0.6 is 0 Å². The Hall–Kier alpha value is -0.870. The van der Waals surface area contributed by atoms with E-state index in [0.717, 1.165) is 5.56 Å². The van der Waals surface area contributed by atoms with E-state index in [9.17, 15) is 8.42 Å². The molecule has 2 aliphatic heterocycles. The number of fused-ring (bicyclic) bond motifs is 1. The monoisotopic (exact) mass is 224 g/mol. The molecule has 15 heavy (non-hydrogen) atoms. The molecule has 0 spiro atoms. The molecule has 0 bridgehead atoms. The highest BCUT2D eigenvalue weighted by Crippen LogP contribution is 2.52. The molecular formula is C11H12O3S. The van der Waals surface area contributed by atoms with Gasteiger partial charge in [-0.15, -0.1) is 0 Å². The van der Waals surface area contributed by atoms with E-state index in [-0.39, 0.29) is 23.2 Å². The lowest BCUT2D eigenvalue weighted by atomic mass is 9.93. The van der Waals surface area contributed by atoms with Gasteiger partial charge >= 0.3 is 0 Å². The summed E-state index contributed by atoms with van der Waals surface area (Å²) in [6, 6.07) is 9.91. The zero-order valence-corrected chi connectivity index (χ0v) is 9.03. The van der Waals surface area contributed by atoms with Gasteiger partial charge in [0.05, 0.1) is 11.5 Å². The highest BCUT2D eigenvalue weighted by Gasteiger charge is 2.61. The van der Waals surface area contributed by atoms with Gasteiger partial charge < -0.3 is 4.74 Å². The smallest absolute Gasteiger partial charge is 0.153 e. The fourth-order valence-corrected chi connectivity index (χ4v) is 3.93. The third-order valence-corrected chi connectivity index (χ3v) is 4.90. The Morgan fingerprint density at radius 1 is 1.27 bits per heavy atom. The molecule has 2 heterocycles. The molecular weight excluding hydrogens is 212 g/mol. The Morgan fingerprint density at radius 2 is 2.00 bits per heavy atom. The fourth-order valence-electron chi connectivity index (χ4n) is 2.35. The van der Waals surface area contributed by atoms with E-state index in [0.29, 0.717) is 6.42 Å². The molecule has 0 saturated carbocycles. The number of epoxide rings is 1. The molecule has 2 saturated heterocycles. The van der Waals surface area contributed by atoms with Crippen molar-refractivity contribution in [2.45, 2.75) is 18.1 Å². The largest absolute Gasteiger partial charge is 0.360 e. The number of rotatable bonds is 1. The molecule has 0 radical (unpaired) electrons. The topological polar surface area (TPSA) is 46.7 Å². The maximum absolute atomic E-state index is 11.4. The Kier molecular flexibility index (Phi) is 1.77. The lowest BCUT2D eigenvalue weighted by Crippen LogP contribution is -2.30. The highest BCUT2D eigenvalue weighted by atomic mass is 32.2. The molecule has 2 aliphatic rings. The van der Waals surface area contributed by atoms with Crippen LogP contribution in [-0.2, 0) is 20.2 Å². The zero-order valence-electron chi connectivity index (χ0n) is 8.22. The maximum Gasteiger partial charge on any atom is 0.153 e. The zero-order chi connectivity index (χ0) is 10.5. The van der Waals surface area contributed by atoms with Crippen molar-refractivity contribution in [3.8, 4) is 0 Å². The van der Waals surface area contributed by atoms with E-state index in [4.69, 9.17) is 4.74 Å². The van der Waals surface area contributed by atoms with Crippen molar-refractivity contribution in [3.05, 3.63) is 35.9 Å². The van der Waals surface area contributed by atoms with Gasteiger partial charge in [-0.2, -0.15) is 0 Å². The average Bonchev–Trinajstić information content (AvgIpc) is 2.92. The van der Waals surface area contributed by atoms with E-state index >= 15 is 0 Å². The minimum atomic E-state index is -2.86. The van der Waals surface area contributed by atoms with Crippen LogP contribution in [0.1, 0.15) is 12.0 Å². The summed E-state index contributed by atoms with van der Waals surface area (Å²) >= 11 is 0. The Labute approximate surface area is 89.0 Å². The second-order valence-corrected chi connectivity index (χ2v) is 6.46. The average molecular weight is 224 g/mol. The molecule has 80 valence electrons. The van der Waals surface area contributed by atoms with E-state index in [1.165, 1.54) is 0 Å². The van der Waals surface area contributed by atoms with Crippen molar-refractivity contribution in [2.75, 3.05) is 11.5 Å². The van der Waals surface area contributed by atoms with Gasteiger partial charge in [0.15, 0.2) is 9.84 Å². The first-order valence-electron chi connectivity index (χ1n) is 5.06. The van der Waals surface area contributed by atoms with Crippen LogP contribution < -0.4 is 0 Å². The molecule has 2 atom stereocenters. The minimum absolute atomic E-state index is 0.112. The normalized spacial score (nSPS) is 36.9. The van der Waals surface area contributed by atoms with Gasteiger partial charge in [0.2, 0.25) is 0 Å². The molecule has 0 N–H and O–H groups in total. The van der Waals surface area contributed by atoms with Crippen LogP contribution in [0.25, 0.3) is 0 Å². The molecule has 0 aliphatic carbocycles. The molecule has 1 aromatic rings. The second-order valence-electron chi connectivity index (χ2n) is 4.23. The van der Waals surface area contributed by atoms with E-state index in [1.807, 2.05) is 30.3 Å². The summed E-state index contributed by atoms with van der Waals surface area (Å²) in [5, 5.41) is 0. The third-order valence-electron chi connectivity index (χ3n) is 3.27. The van der Waals surface area contributed by atoms with Gasteiger partial charge in [0.1, 0.15) is 11.7 Å². The van der Waals surface area contributed by atoms with E-state index in [2.05, 4.69) is 0 Å². The molecule has 4 heteroatoms. The summed E-state index contributed by atoms with van der Waals surface area (Å²) in [7, 11) is -2.86. The number of benzene rings is 1. The summed E-state index contributed by atoms with van der Waals surface area (Å²) < 4.78 is 28.4. The highest BCUT2D eigenvalue weighted by molar-refractivity contribution is 7.91. The van der Waals surface area contributed by atoms with Gasteiger partial charge in [0.25, 0.3) is 0 Å². The minimum Gasteiger partial charge on any atom is -0.360 e. The van der Waals surface area contributed by atoms with Crippen molar-refractivity contribution in [3.63, 3.8) is 0 Å². The van der Waals surface area contributed by atoms with Crippen LogP contribution in [0.15, 0.2) is 30.3 Å². The third kappa shape index (κ3) is 1.40. The quantitative estimate of drug-likeness (QED) is 0.671. The van der Waals surface area contributed by atoms with Crippen molar-refractivity contribution in [1.82, 2.24) is 0 Å². The van der Waals surface area contributed by atoms with Gasteiger partial charge in [-0.1, -0.05) is 30.3 Å². The van der Waals surface area contributed by atoms with Crippen LogP contribution in [0.3, 0.4) is 0 Å². The summed E-state index contributed by atoms with van der Waals surface area (Å²) in [5.74, 6) is 0.431. The van der Waals surface area contributed by atoms with Gasteiger partial charge in [-0.25, -0.2) is 8.42 Å². The molecule has 3 rings (SSSR count). The van der Waals surface area contributed by atoms with Crippen molar-refractivity contribution in [1.29, 1.82) is 0 Å². The number of hydrogen-bond acceptors (Lipinski definition) is 3. The molecule has 2 fully saturated rings. The lowest BCUT2D eigenvalue weighted by molar-refractivity contribution is 0.296. The van der Waals surface area contributed by atoms with Gasteiger partial charge in [-0.3, -0.25) is 0 Å². The molecule has 3 nitrogen and oxygen atoms in total. The Bertz CT molecular complexity index is 480.